The highest BCUT2D eigenvalue weighted by atomic mass is 28.3. The van der Waals surface area contributed by atoms with Crippen molar-refractivity contribution in [1.29, 1.82) is 0 Å². The van der Waals surface area contributed by atoms with Crippen LogP contribution in [0.25, 0.3) is 0 Å². The molecule has 6 nitrogen and oxygen atoms in total. The second kappa shape index (κ2) is 11.8. The first-order valence-corrected chi connectivity index (χ1v) is 8.25. The van der Waals surface area contributed by atoms with Crippen LogP contribution in [-0.2, 0) is 27.5 Å². The van der Waals surface area contributed by atoms with Gasteiger partial charge in [0, 0.05) is 19.8 Å². The number of ether oxygens (including phenoxy) is 3. The van der Waals surface area contributed by atoms with Crippen molar-refractivity contribution in [2.75, 3.05) is 19.8 Å². The van der Waals surface area contributed by atoms with Crippen LogP contribution in [0, 0.1) is 0 Å². The molecule has 0 radical (unpaired) electrons. The summed E-state index contributed by atoms with van der Waals surface area (Å²) in [6, 6.07) is 0. The smallest absolute Gasteiger partial charge is 0.354 e. The average molecular weight is 296 g/mol. The zero-order valence-electron chi connectivity index (χ0n) is 12.9. The quantitative estimate of drug-likeness (QED) is 0.405. The Hall–Kier alpha value is -0.0231. The fourth-order valence-electron chi connectivity index (χ4n) is 1.39. The van der Waals surface area contributed by atoms with Gasteiger partial charge in [-0.15, -0.1) is 0 Å². The van der Waals surface area contributed by atoms with Gasteiger partial charge in [0.25, 0.3) is 0 Å². The Morgan fingerprint density at radius 2 is 0.895 bits per heavy atom. The summed E-state index contributed by atoms with van der Waals surface area (Å²) >= 11 is 0. The van der Waals surface area contributed by atoms with Crippen molar-refractivity contribution in [2.24, 2.45) is 0 Å². The van der Waals surface area contributed by atoms with E-state index in [-0.39, 0.29) is 18.9 Å². The van der Waals surface area contributed by atoms with Crippen LogP contribution in [0.2, 0.25) is 0 Å². The van der Waals surface area contributed by atoms with Crippen LogP contribution < -0.4 is 0 Å². The molecule has 0 aliphatic rings. The maximum atomic E-state index is 5.64. The molecule has 0 bridgehead atoms. The molecule has 0 fully saturated rings. The number of rotatable bonds is 12. The molecule has 0 rings (SSSR count). The normalized spacial score (nSPS) is 18.0. The molecule has 7 heteroatoms. The van der Waals surface area contributed by atoms with Gasteiger partial charge in [-0.05, 0) is 41.5 Å². The van der Waals surface area contributed by atoms with E-state index >= 15 is 0 Å². The Morgan fingerprint density at radius 3 is 1.11 bits per heavy atom. The SMILES string of the molecule is CCOC(C)O[SiH](OC(C)OCC)OC(C)OCC. The van der Waals surface area contributed by atoms with Crippen LogP contribution in [0.4, 0.5) is 0 Å². The summed E-state index contributed by atoms with van der Waals surface area (Å²) in [4.78, 5) is 0. The summed E-state index contributed by atoms with van der Waals surface area (Å²) < 4.78 is 32.9. The minimum atomic E-state index is -2.38. The second-order valence-electron chi connectivity index (χ2n) is 3.77. The molecule has 0 aliphatic heterocycles. The lowest BCUT2D eigenvalue weighted by Crippen LogP contribution is -2.38. The Bertz CT molecular complexity index is 173. The van der Waals surface area contributed by atoms with E-state index in [1.165, 1.54) is 0 Å². The van der Waals surface area contributed by atoms with Gasteiger partial charge in [-0.25, -0.2) is 0 Å². The Kier molecular flexibility index (Phi) is 11.8. The van der Waals surface area contributed by atoms with Gasteiger partial charge in [0.1, 0.15) is 18.9 Å². The predicted octanol–water partition coefficient (Wildman–Crippen LogP) is 1.90. The van der Waals surface area contributed by atoms with Crippen LogP contribution in [0.15, 0.2) is 0 Å². The predicted molar refractivity (Wildman–Crippen MR) is 73.7 cm³/mol. The first kappa shape index (κ1) is 19.0. The highest BCUT2D eigenvalue weighted by Gasteiger charge is 2.25. The summed E-state index contributed by atoms with van der Waals surface area (Å²) in [5, 5.41) is 0. The van der Waals surface area contributed by atoms with E-state index in [9.17, 15) is 0 Å². The van der Waals surface area contributed by atoms with Crippen molar-refractivity contribution < 1.29 is 27.5 Å². The molecule has 0 spiro atoms. The van der Waals surface area contributed by atoms with Gasteiger partial charge >= 0.3 is 9.53 Å². The molecular formula is C12H28O6Si. The average Bonchev–Trinajstić information content (AvgIpc) is 2.29. The molecule has 19 heavy (non-hydrogen) atoms. The van der Waals surface area contributed by atoms with Crippen molar-refractivity contribution in [3.8, 4) is 0 Å². The van der Waals surface area contributed by atoms with Gasteiger partial charge < -0.3 is 27.5 Å². The molecule has 0 saturated heterocycles. The summed E-state index contributed by atoms with van der Waals surface area (Å²) in [5.41, 5.74) is 0. The summed E-state index contributed by atoms with van der Waals surface area (Å²) in [7, 11) is -2.38. The van der Waals surface area contributed by atoms with E-state index < -0.39 is 9.53 Å². The molecule has 0 saturated carbocycles. The molecule has 0 aliphatic carbocycles. The summed E-state index contributed by atoms with van der Waals surface area (Å²) in [5.74, 6) is 0. The minimum Gasteiger partial charge on any atom is -0.354 e. The summed E-state index contributed by atoms with van der Waals surface area (Å²) in [6.07, 6.45) is -1.11. The summed E-state index contributed by atoms with van der Waals surface area (Å²) in [6.45, 7) is 12.9. The number of hydrogen-bond acceptors (Lipinski definition) is 6. The van der Waals surface area contributed by atoms with Crippen molar-refractivity contribution >= 4 is 9.53 Å². The third kappa shape index (κ3) is 10.4. The van der Waals surface area contributed by atoms with Crippen LogP contribution in [0.5, 0.6) is 0 Å². The molecule has 0 aromatic carbocycles. The molecule has 0 amide bonds. The maximum Gasteiger partial charge on any atom is 0.490 e. The lowest BCUT2D eigenvalue weighted by molar-refractivity contribution is -0.161. The van der Waals surface area contributed by atoms with E-state index in [1.54, 1.807) is 0 Å². The van der Waals surface area contributed by atoms with Gasteiger partial charge in [0.2, 0.25) is 0 Å². The van der Waals surface area contributed by atoms with Crippen LogP contribution in [0.3, 0.4) is 0 Å². The van der Waals surface area contributed by atoms with Gasteiger partial charge in [0.15, 0.2) is 0 Å². The van der Waals surface area contributed by atoms with Crippen molar-refractivity contribution in [3.05, 3.63) is 0 Å². The Balaban J connectivity index is 4.28. The topological polar surface area (TPSA) is 55.4 Å². The maximum absolute atomic E-state index is 5.64. The van der Waals surface area contributed by atoms with Crippen LogP contribution >= 0.6 is 0 Å². The lowest BCUT2D eigenvalue weighted by Gasteiger charge is -2.26. The molecule has 0 aromatic heterocycles. The van der Waals surface area contributed by atoms with E-state index in [2.05, 4.69) is 0 Å². The fraction of sp³-hybridized carbons (Fsp3) is 1.00. The zero-order chi connectivity index (χ0) is 14.7. The van der Waals surface area contributed by atoms with E-state index in [1.807, 2.05) is 41.5 Å². The third-order valence-electron chi connectivity index (χ3n) is 2.11. The van der Waals surface area contributed by atoms with Gasteiger partial charge in [-0.2, -0.15) is 0 Å². The molecule has 0 aromatic rings. The first-order chi connectivity index (χ1) is 9.03. The van der Waals surface area contributed by atoms with Crippen molar-refractivity contribution in [2.45, 2.75) is 60.4 Å². The van der Waals surface area contributed by atoms with Crippen LogP contribution in [-0.4, -0.2) is 48.2 Å². The van der Waals surface area contributed by atoms with E-state index in [0.29, 0.717) is 19.8 Å². The Morgan fingerprint density at radius 1 is 0.632 bits per heavy atom. The molecule has 0 heterocycles. The molecule has 116 valence electrons. The second-order valence-corrected chi connectivity index (χ2v) is 5.16. The van der Waals surface area contributed by atoms with Gasteiger partial charge in [-0.3, -0.25) is 0 Å². The zero-order valence-corrected chi connectivity index (χ0v) is 14.0. The molecular weight excluding hydrogens is 268 g/mol. The first-order valence-electron chi connectivity index (χ1n) is 6.84. The molecule has 3 atom stereocenters. The molecule has 0 N–H and O–H groups in total. The monoisotopic (exact) mass is 296 g/mol. The van der Waals surface area contributed by atoms with Crippen LogP contribution in [0.1, 0.15) is 41.5 Å². The largest absolute Gasteiger partial charge is 0.490 e. The van der Waals surface area contributed by atoms with Crippen molar-refractivity contribution in [3.63, 3.8) is 0 Å². The van der Waals surface area contributed by atoms with E-state index in [0.717, 1.165) is 0 Å². The lowest BCUT2D eigenvalue weighted by atomic mass is 10.7. The minimum absolute atomic E-state index is 0.371. The highest BCUT2D eigenvalue weighted by molar-refractivity contribution is 6.36. The van der Waals surface area contributed by atoms with Gasteiger partial charge in [0.05, 0.1) is 0 Å². The van der Waals surface area contributed by atoms with Crippen molar-refractivity contribution in [1.82, 2.24) is 0 Å². The fourth-order valence-corrected chi connectivity index (χ4v) is 2.75. The number of hydrogen-bond donors (Lipinski definition) is 0. The van der Waals surface area contributed by atoms with E-state index in [4.69, 9.17) is 27.5 Å². The molecule has 3 unspecified atom stereocenters. The Labute approximate surface area is 118 Å². The third-order valence-corrected chi connectivity index (χ3v) is 3.93. The standard InChI is InChI=1S/C12H28O6Si/c1-7-13-10(4)16-19(17-11(5)14-8-2)18-12(6)15-9-3/h10-12,19H,7-9H2,1-6H3. The van der Waals surface area contributed by atoms with Gasteiger partial charge in [-0.1, -0.05) is 0 Å². The highest BCUT2D eigenvalue weighted by Crippen LogP contribution is 2.08.